The number of nitrogens with zero attached hydrogens (tertiary/aromatic N) is 3. The van der Waals surface area contributed by atoms with E-state index in [9.17, 15) is 14.0 Å². The predicted octanol–water partition coefficient (Wildman–Crippen LogP) is 5.16. The van der Waals surface area contributed by atoms with Crippen LogP contribution >= 0.6 is 11.6 Å². The Balaban J connectivity index is 1.36. The second-order valence-electron chi connectivity index (χ2n) is 8.96. The van der Waals surface area contributed by atoms with Gasteiger partial charge in [-0.1, -0.05) is 18.5 Å². The van der Waals surface area contributed by atoms with Crippen molar-refractivity contribution in [2.24, 2.45) is 10.9 Å². The van der Waals surface area contributed by atoms with Crippen molar-refractivity contribution in [2.75, 3.05) is 5.32 Å². The highest BCUT2D eigenvalue weighted by Gasteiger charge is 2.24. The van der Waals surface area contributed by atoms with E-state index in [4.69, 9.17) is 16.3 Å². The van der Waals surface area contributed by atoms with E-state index in [-0.39, 0.29) is 22.4 Å². The zero-order chi connectivity index (χ0) is 24.5. The molecule has 2 aliphatic rings. The minimum Gasteiger partial charge on any atom is -0.474 e. The van der Waals surface area contributed by atoms with Gasteiger partial charge in [0, 0.05) is 29.5 Å². The van der Waals surface area contributed by atoms with Crippen molar-refractivity contribution in [3.05, 3.63) is 69.0 Å². The lowest BCUT2D eigenvalue weighted by Crippen LogP contribution is -2.17. The standard InChI is InChI=1S/C25H23ClFN5O3/c1-13-2-6-20(24-15(8-13)9-22(33)31-32-24)29-25(34)30-21-11-18(26)17(10-19(21)27)14-3-7-23(28-12-14)35-16-4-5-16/h3,7,9-13,16H,2,4-6,8H2,1H3,(H,30,34)(H,31,33)/b29-20+/t13-/m0/s1. The van der Waals surface area contributed by atoms with E-state index in [1.807, 2.05) is 0 Å². The number of aromatic nitrogens is 3. The van der Waals surface area contributed by atoms with Crippen molar-refractivity contribution in [1.82, 2.24) is 15.2 Å². The Hall–Kier alpha value is -3.59. The highest BCUT2D eigenvalue weighted by atomic mass is 35.5. The molecule has 1 atom stereocenters. The molecular weight excluding hydrogens is 473 g/mol. The first-order valence-electron chi connectivity index (χ1n) is 11.5. The fraction of sp³-hybridized carbons (Fsp3) is 0.320. The van der Waals surface area contributed by atoms with Crippen LogP contribution in [0, 0.1) is 11.7 Å². The molecule has 2 aliphatic carbocycles. The Morgan fingerprint density at radius 2 is 2.09 bits per heavy atom. The summed E-state index contributed by atoms with van der Waals surface area (Å²) in [5.41, 5.74) is 2.34. The molecule has 8 nitrogen and oxygen atoms in total. The van der Waals surface area contributed by atoms with Crippen LogP contribution in [-0.2, 0) is 6.42 Å². The number of urea groups is 1. The van der Waals surface area contributed by atoms with E-state index in [1.54, 1.807) is 18.3 Å². The van der Waals surface area contributed by atoms with Gasteiger partial charge in [0.25, 0.3) is 5.56 Å². The third-order valence-corrected chi connectivity index (χ3v) is 6.31. The number of carbonyl (C=O) groups excluding carboxylic acids is 1. The molecule has 1 aromatic carbocycles. The van der Waals surface area contributed by atoms with Gasteiger partial charge in [0.05, 0.1) is 16.4 Å². The molecule has 1 saturated carbocycles. The number of anilines is 1. The molecule has 0 bridgehead atoms. The van der Waals surface area contributed by atoms with Crippen LogP contribution in [0.3, 0.4) is 0 Å². The number of hydrogen-bond acceptors (Lipinski definition) is 5. The van der Waals surface area contributed by atoms with Crippen LogP contribution in [0.15, 0.2) is 46.3 Å². The molecule has 2 amide bonds. The summed E-state index contributed by atoms with van der Waals surface area (Å²) >= 11 is 6.41. The molecule has 2 heterocycles. The number of carbonyl (C=O) groups is 1. The molecule has 0 aliphatic heterocycles. The van der Waals surface area contributed by atoms with Gasteiger partial charge >= 0.3 is 6.03 Å². The van der Waals surface area contributed by atoms with Crippen LogP contribution in [0.5, 0.6) is 5.88 Å². The minimum absolute atomic E-state index is 0.0913. The molecular formula is C25H23ClFN5O3. The zero-order valence-corrected chi connectivity index (χ0v) is 19.7. The molecule has 2 N–H and O–H groups in total. The lowest BCUT2D eigenvalue weighted by molar-refractivity contribution is 0.259. The molecule has 2 aromatic heterocycles. The summed E-state index contributed by atoms with van der Waals surface area (Å²) in [5, 5.41) is 9.22. The van der Waals surface area contributed by atoms with Crippen molar-refractivity contribution in [2.45, 2.75) is 45.1 Å². The maximum absolute atomic E-state index is 14.9. The number of pyridine rings is 1. The summed E-state index contributed by atoms with van der Waals surface area (Å²) in [6.45, 7) is 2.07. The number of aliphatic imine (C=N–C) groups is 1. The molecule has 3 aromatic rings. The summed E-state index contributed by atoms with van der Waals surface area (Å²) in [7, 11) is 0. The summed E-state index contributed by atoms with van der Waals surface area (Å²) in [5.74, 6) is 0.165. The van der Waals surface area contributed by atoms with Crippen LogP contribution in [0.1, 0.15) is 43.9 Å². The first-order valence-corrected chi connectivity index (χ1v) is 11.8. The van der Waals surface area contributed by atoms with E-state index in [0.717, 1.165) is 24.8 Å². The highest BCUT2D eigenvalue weighted by molar-refractivity contribution is 6.33. The highest BCUT2D eigenvalue weighted by Crippen LogP contribution is 2.33. The number of benzene rings is 1. The lowest BCUT2D eigenvalue weighted by atomic mass is 10.0. The van der Waals surface area contributed by atoms with Gasteiger partial charge in [-0.05, 0) is 61.8 Å². The van der Waals surface area contributed by atoms with Gasteiger partial charge in [0.15, 0.2) is 0 Å². The van der Waals surface area contributed by atoms with Gasteiger partial charge in [0.2, 0.25) is 5.88 Å². The van der Waals surface area contributed by atoms with Gasteiger partial charge in [-0.3, -0.25) is 4.79 Å². The van der Waals surface area contributed by atoms with Crippen molar-refractivity contribution >= 4 is 29.0 Å². The second-order valence-corrected chi connectivity index (χ2v) is 9.36. The van der Waals surface area contributed by atoms with Crippen molar-refractivity contribution in [3.8, 4) is 17.0 Å². The van der Waals surface area contributed by atoms with Gasteiger partial charge in [-0.15, -0.1) is 0 Å². The zero-order valence-electron chi connectivity index (χ0n) is 19.0. The molecule has 0 radical (unpaired) electrons. The summed E-state index contributed by atoms with van der Waals surface area (Å²) in [4.78, 5) is 32.8. The molecule has 35 heavy (non-hydrogen) atoms. The van der Waals surface area contributed by atoms with Crippen molar-refractivity contribution in [3.63, 3.8) is 0 Å². The summed E-state index contributed by atoms with van der Waals surface area (Å²) < 4.78 is 20.5. The largest absolute Gasteiger partial charge is 0.474 e. The first-order chi connectivity index (χ1) is 16.9. The van der Waals surface area contributed by atoms with Gasteiger partial charge in [0.1, 0.15) is 17.6 Å². The maximum Gasteiger partial charge on any atom is 0.345 e. The molecule has 0 spiro atoms. The third-order valence-electron chi connectivity index (χ3n) is 6.00. The molecule has 10 heteroatoms. The number of amides is 2. The average molecular weight is 496 g/mol. The van der Waals surface area contributed by atoms with E-state index in [0.29, 0.717) is 47.2 Å². The van der Waals surface area contributed by atoms with E-state index in [2.05, 4.69) is 32.4 Å². The number of H-pyrrole nitrogens is 1. The Kier molecular flexibility index (Phi) is 6.34. The number of rotatable bonds is 4. The van der Waals surface area contributed by atoms with Gasteiger partial charge < -0.3 is 10.1 Å². The quantitative estimate of drug-likeness (QED) is 0.486. The van der Waals surface area contributed by atoms with Crippen molar-refractivity contribution < 1.29 is 13.9 Å². The first kappa shape index (κ1) is 23.2. The number of aromatic amines is 1. The number of ether oxygens (including phenoxy) is 1. The monoisotopic (exact) mass is 495 g/mol. The maximum atomic E-state index is 14.9. The SMILES string of the molecule is C[C@H]1CC/C(=N\C(=O)Nc2cc(Cl)c(-c3ccc(OC4CC4)nc3)cc2F)c2n[nH]c(=O)cc2C1. The van der Waals surface area contributed by atoms with E-state index < -0.39 is 11.8 Å². The number of fused-ring (bicyclic) bond motifs is 1. The van der Waals surface area contributed by atoms with Gasteiger partial charge in [-0.2, -0.15) is 10.1 Å². The molecule has 5 rings (SSSR count). The smallest absolute Gasteiger partial charge is 0.345 e. The normalized spacial score (nSPS) is 18.6. The number of halogens is 2. The average Bonchev–Trinajstić information content (AvgIpc) is 3.65. The van der Waals surface area contributed by atoms with Crippen LogP contribution in [0.25, 0.3) is 11.1 Å². The van der Waals surface area contributed by atoms with E-state index >= 15 is 0 Å². The number of nitrogens with one attached hydrogen (secondary N) is 2. The van der Waals surface area contributed by atoms with Crippen LogP contribution < -0.4 is 15.6 Å². The predicted molar refractivity (Wildman–Crippen MR) is 131 cm³/mol. The fourth-order valence-electron chi connectivity index (χ4n) is 4.03. The molecule has 0 unspecified atom stereocenters. The Labute approximate surface area is 205 Å². The van der Waals surface area contributed by atoms with Crippen LogP contribution in [0.2, 0.25) is 5.02 Å². The Morgan fingerprint density at radius 1 is 1.26 bits per heavy atom. The Morgan fingerprint density at radius 3 is 2.83 bits per heavy atom. The fourth-order valence-corrected chi connectivity index (χ4v) is 4.30. The Bertz CT molecular complexity index is 1370. The summed E-state index contributed by atoms with van der Waals surface area (Å²) in [6.07, 6.45) is 5.82. The second kappa shape index (κ2) is 9.58. The van der Waals surface area contributed by atoms with Crippen LogP contribution in [0.4, 0.5) is 14.9 Å². The van der Waals surface area contributed by atoms with Crippen LogP contribution in [-0.4, -0.2) is 33.0 Å². The number of hydrogen-bond donors (Lipinski definition) is 2. The molecule has 1 fully saturated rings. The topological polar surface area (TPSA) is 109 Å². The van der Waals surface area contributed by atoms with Gasteiger partial charge in [-0.25, -0.2) is 19.3 Å². The third kappa shape index (κ3) is 5.40. The molecule has 0 saturated heterocycles. The molecule has 180 valence electrons. The van der Waals surface area contributed by atoms with Crippen molar-refractivity contribution in [1.29, 1.82) is 0 Å². The lowest BCUT2D eigenvalue weighted by Gasteiger charge is -2.11. The van der Waals surface area contributed by atoms with E-state index in [1.165, 1.54) is 18.2 Å². The minimum atomic E-state index is -0.750. The summed E-state index contributed by atoms with van der Waals surface area (Å²) in [6, 6.07) is 6.81.